The summed E-state index contributed by atoms with van der Waals surface area (Å²) in [4.78, 5) is 35.2. The third kappa shape index (κ3) is 5.39. The summed E-state index contributed by atoms with van der Waals surface area (Å²) in [6, 6.07) is 13.5. The number of benzene rings is 2. The lowest BCUT2D eigenvalue weighted by Gasteiger charge is -2.21. The molecule has 148 valence electrons. The van der Waals surface area contributed by atoms with Crippen molar-refractivity contribution < 1.29 is 19.2 Å². The van der Waals surface area contributed by atoms with Crippen molar-refractivity contribution in [3.63, 3.8) is 0 Å². The first-order valence-corrected chi connectivity index (χ1v) is 9.10. The van der Waals surface area contributed by atoms with Crippen molar-refractivity contribution in [1.82, 2.24) is 0 Å². The van der Waals surface area contributed by atoms with Gasteiger partial charge in [-0.15, -0.1) is 0 Å². The maximum Gasteiger partial charge on any atom is 0.314 e. The van der Waals surface area contributed by atoms with Crippen molar-refractivity contribution in [3.8, 4) is 0 Å². The van der Waals surface area contributed by atoms with Crippen molar-refractivity contribution >= 4 is 23.3 Å². The molecule has 0 radical (unpaired) electrons. The number of nitro groups is 1. The molecular formula is C21H24N2O5. The SMILES string of the molecule is CC[C@H](C)[C@H](C(=O)OCC(=O)Nc1cc([N+](=O)[O-])ccc1C)c1ccccc1. The number of ether oxygens (including phenoxy) is 1. The van der Waals surface area contributed by atoms with Crippen molar-refractivity contribution in [2.75, 3.05) is 11.9 Å². The van der Waals surface area contributed by atoms with Crippen LogP contribution >= 0.6 is 0 Å². The van der Waals surface area contributed by atoms with E-state index < -0.39 is 29.3 Å². The number of carbonyl (C=O) groups excluding carboxylic acids is 2. The summed E-state index contributed by atoms with van der Waals surface area (Å²) in [5.41, 5.74) is 1.71. The van der Waals surface area contributed by atoms with Crippen LogP contribution in [0.25, 0.3) is 0 Å². The highest BCUT2D eigenvalue weighted by molar-refractivity contribution is 5.94. The van der Waals surface area contributed by atoms with Gasteiger partial charge in [-0.05, 0) is 24.0 Å². The summed E-state index contributed by atoms with van der Waals surface area (Å²) in [5, 5.41) is 13.5. The first kappa shape index (κ1) is 21.1. The molecule has 2 aromatic rings. The Morgan fingerprint density at radius 1 is 1.18 bits per heavy atom. The Hall–Kier alpha value is -3.22. The molecule has 1 amide bonds. The first-order valence-electron chi connectivity index (χ1n) is 9.10. The van der Waals surface area contributed by atoms with Gasteiger partial charge in [0.2, 0.25) is 0 Å². The molecule has 0 aliphatic carbocycles. The largest absolute Gasteiger partial charge is 0.455 e. The second-order valence-corrected chi connectivity index (χ2v) is 6.69. The molecule has 0 bridgehead atoms. The maximum absolute atomic E-state index is 12.6. The highest BCUT2D eigenvalue weighted by Gasteiger charge is 2.27. The second kappa shape index (κ2) is 9.64. The van der Waals surface area contributed by atoms with E-state index in [0.29, 0.717) is 11.3 Å². The molecule has 0 spiro atoms. The zero-order chi connectivity index (χ0) is 20.7. The smallest absolute Gasteiger partial charge is 0.314 e. The van der Waals surface area contributed by atoms with Gasteiger partial charge >= 0.3 is 5.97 Å². The molecule has 0 saturated heterocycles. The standard InChI is InChI=1S/C21H24N2O5/c1-4-14(2)20(16-8-6-5-7-9-16)21(25)28-13-19(24)22-18-12-17(23(26)27)11-10-15(18)3/h5-12,14,20H,4,13H2,1-3H3,(H,22,24)/t14-,20-/m0/s1. The molecule has 2 atom stereocenters. The normalized spacial score (nSPS) is 12.7. The summed E-state index contributed by atoms with van der Waals surface area (Å²) >= 11 is 0. The lowest BCUT2D eigenvalue weighted by molar-refractivity contribution is -0.384. The molecule has 7 nitrogen and oxygen atoms in total. The van der Waals surface area contributed by atoms with Gasteiger partial charge in [0.05, 0.1) is 16.5 Å². The average Bonchev–Trinajstić information content (AvgIpc) is 2.68. The quantitative estimate of drug-likeness (QED) is 0.417. The summed E-state index contributed by atoms with van der Waals surface area (Å²) in [7, 11) is 0. The summed E-state index contributed by atoms with van der Waals surface area (Å²) in [6.45, 7) is 5.22. The van der Waals surface area contributed by atoms with E-state index in [0.717, 1.165) is 12.0 Å². The van der Waals surface area contributed by atoms with Gasteiger partial charge in [-0.25, -0.2) is 0 Å². The minimum absolute atomic E-state index is 0.0528. The summed E-state index contributed by atoms with van der Waals surface area (Å²) in [6.07, 6.45) is 0.785. The van der Waals surface area contributed by atoms with Crippen molar-refractivity contribution in [1.29, 1.82) is 0 Å². The van der Waals surface area contributed by atoms with Crippen LogP contribution < -0.4 is 5.32 Å². The molecule has 0 heterocycles. The molecule has 0 unspecified atom stereocenters. The van der Waals surface area contributed by atoms with Crippen LogP contribution in [0.2, 0.25) is 0 Å². The van der Waals surface area contributed by atoms with Crippen LogP contribution in [-0.2, 0) is 14.3 Å². The molecule has 2 rings (SSSR count). The van der Waals surface area contributed by atoms with Crippen molar-refractivity contribution in [2.24, 2.45) is 5.92 Å². The number of esters is 1. The molecule has 0 aromatic heterocycles. The number of carbonyl (C=O) groups is 2. The predicted octanol–water partition coefficient (Wildman–Crippen LogP) is 4.21. The van der Waals surface area contributed by atoms with E-state index in [1.54, 1.807) is 13.0 Å². The fourth-order valence-electron chi connectivity index (χ4n) is 2.86. The Bertz CT molecular complexity index is 851. The van der Waals surface area contributed by atoms with E-state index in [1.807, 2.05) is 44.2 Å². The number of amides is 1. The number of nitrogens with one attached hydrogen (secondary N) is 1. The Labute approximate surface area is 163 Å². The van der Waals surface area contributed by atoms with Crippen LogP contribution in [0.1, 0.15) is 37.3 Å². The minimum Gasteiger partial charge on any atom is -0.455 e. The molecule has 7 heteroatoms. The third-order valence-corrected chi connectivity index (χ3v) is 4.68. The molecular weight excluding hydrogens is 360 g/mol. The number of nitrogens with zero attached hydrogens (tertiary/aromatic N) is 1. The minimum atomic E-state index is -0.548. The molecule has 28 heavy (non-hydrogen) atoms. The monoisotopic (exact) mass is 384 g/mol. The Morgan fingerprint density at radius 2 is 1.86 bits per heavy atom. The summed E-state index contributed by atoms with van der Waals surface area (Å²) in [5.74, 6) is -1.42. The number of anilines is 1. The predicted molar refractivity (Wildman–Crippen MR) is 106 cm³/mol. The van der Waals surface area contributed by atoms with Gasteiger partial charge in [0.25, 0.3) is 11.6 Å². The molecule has 0 saturated carbocycles. The van der Waals surface area contributed by atoms with Gasteiger partial charge in [-0.3, -0.25) is 19.7 Å². The topological polar surface area (TPSA) is 98.5 Å². The maximum atomic E-state index is 12.6. The van der Waals surface area contributed by atoms with Gasteiger partial charge in [-0.1, -0.05) is 56.7 Å². The highest BCUT2D eigenvalue weighted by atomic mass is 16.6. The van der Waals surface area contributed by atoms with E-state index in [9.17, 15) is 19.7 Å². The number of nitro benzene ring substituents is 1. The first-order chi connectivity index (χ1) is 13.3. The van der Waals surface area contributed by atoms with Gasteiger partial charge in [0, 0.05) is 12.1 Å². The van der Waals surface area contributed by atoms with Crippen LogP contribution in [-0.4, -0.2) is 23.4 Å². The molecule has 2 aromatic carbocycles. The van der Waals surface area contributed by atoms with Gasteiger partial charge in [0.1, 0.15) is 0 Å². The zero-order valence-corrected chi connectivity index (χ0v) is 16.2. The molecule has 0 aliphatic rings. The number of hydrogen-bond donors (Lipinski definition) is 1. The Morgan fingerprint density at radius 3 is 2.46 bits per heavy atom. The number of aryl methyl sites for hydroxylation is 1. The highest BCUT2D eigenvalue weighted by Crippen LogP contribution is 2.28. The Balaban J connectivity index is 2.04. The van der Waals surface area contributed by atoms with Crippen molar-refractivity contribution in [2.45, 2.75) is 33.1 Å². The fourth-order valence-corrected chi connectivity index (χ4v) is 2.86. The van der Waals surface area contributed by atoms with E-state index in [4.69, 9.17) is 4.74 Å². The summed E-state index contributed by atoms with van der Waals surface area (Å²) < 4.78 is 5.25. The second-order valence-electron chi connectivity index (χ2n) is 6.69. The van der Waals surface area contributed by atoms with E-state index >= 15 is 0 Å². The fraction of sp³-hybridized carbons (Fsp3) is 0.333. The van der Waals surface area contributed by atoms with Crippen LogP contribution in [0.4, 0.5) is 11.4 Å². The van der Waals surface area contributed by atoms with Gasteiger partial charge in [-0.2, -0.15) is 0 Å². The Kier molecular flexibility index (Phi) is 7.26. The number of hydrogen-bond acceptors (Lipinski definition) is 5. The van der Waals surface area contributed by atoms with Crippen LogP contribution in [0.3, 0.4) is 0 Å². The number of rotatable bonds is 8. The number of non-ortho nitro benzene ring substituents is 1. The average molecular weight is 384 g/mol. The van der Waals surface area contributed by atoms with Crippen LogP contribution in [0.15, 0.2) is 48.5 Å². The van der Waals surface area contributed by atoms with Gasteiger partial charge in [0.15, 0.2) is 6.61 Å². The lowest BCUT2D eigenvalue weighted by atomic mass is 9.86. The third-order valence-electron chi connectivity index (χ3n) is 4.68. The van der Waals surface area contributed by atoms with E-state index in [1.165, 1.54) is 12.1 Å². The van der Waals surface area contributed by atoms with E-state index in [2.05, 4.69) is 5.32 Å². The zero-order valence-electron chi connectivity index (χ0n) is 16.2. The van der Waals surface area contributed by atoms with Crippen LogP contribution in [0.5, 0.6) is 0 Å². The lowest BCUT2D eigenvalue weighted by Crippen LogP contribution is -2.27. The molecule has 0 aliphatic heterocycles. The van der Waals surface area contributed by atoms with Crippen molar-refractivity contribution in [3.05, 3.63) is 69.8 Å². The molecule has 1 N–H and O–H groups in total. The van der Waals surface area contributed by atoms with Gasteiger partial charge < -0.3 is 10.1 Å². The molecule has 0 fully saturated rings. The van der Waals surface area contributed by atoms with E-state index in [-0.39, 0.29) is 11.6 Å². The van der Waals surface area contributed by atoms with Crippen LogP contribution in [0, 0.1) is 23.0 Å².